The van der Waals surface area contributed by atoms with Gasteiger partial charge in [-0.05, 0) is 12.5 Å². The van der Waals surface area contributed by atoms with E-state index >= 15 is 0 Å². The van der Waals surface area contributed by atoms with E-state index in [1.54, 1.807) is 0 Å². The number of thioether (sulfide) groups is 1. The molecule has 1 aromatic heterocycles. The van der Waals surface area contributed by atoms with Crippen molar-refractivity contribution in [3.05, 3.63) is 22.8 Å². The Morgan fingerprint density at radius 2 is 2.12 bits per heavy atom. The van der Waals surface area contributed by atoms with Crippen LogP contribution in [-0.2, 0) is 6.18 Å². The van der Waals surface area contributed by atoms with Gasteiger partial charge < -0.3 is 5.11 Å². The van der Waals surface area contributed by atoms with Crippen LogP contribution in [0.3, 0.4) is 0 Å². The Labute approximate surface area is 99.8 Å². The van der Waals surface area contributed by atoms with E-state index in [0.717, 1.165) is 12.3 Å². The summed E-state index contributed by atoms with van der Waals surface area (Å²) in [4.78, 5) is 3.65. The summed E-state index contributed by atoms with van der Waals surface area (Å²) in [5, 5.41) is 8.88. The van der Waals surface area contributed by atoms with Crippen LogP contribution in [0.25, 0.3) is 0 Å². The van der Waals surface area contributed by atoms with E-state index in [9.17, 15) is 13.2 Å². The second-order valence-corrected chi connectivity index (χ2v) is 4.43. The molecule has 90 valence electrons. The summed E-state index contributed by atoms with van der Waals surface area (Å²) in [5.41, 5.74) is -0.857. The molecule has 0 aliphatic heterocycles. The lowest BCUT2D eigenvalue weighted by Gasteiger charge is -2.08. The first-order valence-corrected chi connectivity index (χ1v) is 5.78. The largest absolute Gasteiger partial charge is 0.417 e. The Morgan fingerprint density at radius 1 is 1.44 bits per heavy atom. The topological polar surface area (TPSA) is 33.1 Å². The molecule has 1 rings (SSSR count). The summed E-state index contributed by atoms with van der Waals surface area (Å²) in [6, 6.07) is 0.857. The normalized spacial score (nSPS) is 11.8. The number of nitrogens with zero attached hydrogens (tertiary/aromatic N) is 1. The van der Waals surface area contributed by atoms with Crippen molar-refractivity contribution in [2.24, 2.45) is 0 Å². The third-order valence-electron chi connectivity index (χ3n) is 1.68. The number of hydrogen-bond donors (Lipinski definition) is 1. The second-order valence-electron chi connectivity index (χ2n) is 2.93. The summed E-state index contributed by atoms with van der Waals surface area (Å²) in [7, 11) is 0. The third-order valence-corrected chi connectivity index (χ3v) is 3.17. The first-order valence-electron chi connectivity index (χ1n) is 4.41. The Morgan fingerprint density at radius 3 is 2.62 bits per heavy atom. The fourth-order valence-corrected chi connectivity index (χ4v) is 2.04. The number of halogens is 4. The molecule has 0 aliphatic rings. The summed E-state index contributed by atoms with van der Waals surface area (Å²) in [6.45, 7) is 0.0330. The molecule has 1 N–H and O–H groups in total. The van der Waals surface area contributed by atoms with E-state index in [2.05, 4.69) is 4.98 Å². The molecule has 0 atom stereocenters. The van der Waals surface area contributed by atoms with Crippen molar-refractivity contribution in [1.29, 1.82) is 0 Å². The van der Waals surface area contributed by atoms with Gasteiger partial charge in [-0.3, -0.25) is 0 Å². The smallest absolute Gasteiger partial charge is 0.396 e. The van der Waals surface area contributed by atoms with E-state index in [1.165, 1.54) is 11.8 Å². The lowest BCUT2D eigenvalue weighted by Crippen LogP contribution is -2.05. The molecule has 16 heavy (non-hydrogen) atoms. The van der Waals surface area contributed by atoms with Crippen LogP contribution in [0.1, 0.15) is 12.0 Å². The monoisotopic (exact) mass is 271 g/mol. The van der Waals surface area contributed by atoms with Crippen LogP contribution >= 0.6 is 23.4 Å². The minimum Gasteiger partial charge on any atom is -0.396 e. The van der Waals surface area contributed by atoms with Gasteiger partial charge in [-0.1, -0.05) is 11.6 Å². The first kappa shape index (κ1) is 13.6. The minimum atomic E-state index is -4.43. The SMILES string of the molecule is OCCCSc1ncc(C(F)(F)F)cc1Cl. The molecule has 0 radical (unpaired) electrons. The summed E-state index contributed by atoms with van der Waals surface area (Å²) in [6.07, 6.45) is -3.12. The number of alkyl halides is 3. The lowest BCUT2D eigenvalue weighted by atomic mass is 10.3. The van der Waals surface area contributed by atoms with Crippen molar-refractivity contribution in [3.63, 3.8) is 0 Å². The van der Waals surface area contributed by atoms with Crippen LogP contribution < -0.4 is 0 Å². The highest BCUT2D eigenvalue weighted by molar-refractivity contribution is 7.99. The predicted octanol–water partition coefficient (Wildman–Crippen LogP) is 3.23. The summed E-state index contributed by atoms with van der Waals surface area (Å²) in [5.74, 6) is 0.564. The van der Waals surface area contributed by atoms with Gasteiger partial charge in [0.25, 0.3) is 0 Å². The fourth-order valence-electron chi connectivity index (χ4n) is 0.920. The van der Waals surface area contributed by atoms with Crippen LogP contribution in [0, 0.1) is 0 Å². The molecule has 0 unspecified atom stereocenters. The van der Waals surface area contributed by atoms with E-state index in [1.807, 2.05) is 0 Å². The average Bonchev–Trinajstić information content (AvgIpc) is 2.19. The van der Waals surface area contributed by atoms with Gasteiger partial charge in [0.1, 0.15) is 5.03 Å². The van der Waals surface area contributed by atoms with Crippen molar-refractivity contribution in [2.45, 2.75) is 17.6 Å². The van der Waals surface area contributed by atoms with Gasteiger partial charge in [-0.15, -0.1) is 11.8 Å². The zero-order chi connectivity index (χ0) is 12.2. The highest BCUT2D eigenvalue weighted by atomic mass is 35.5. The molecule has 0 saturated carbocycles. The maximum atomic E-state index is 12.3. The van der Waals surface area contributed by atoms with Crippen molar-refractivity contribution in [1.82, 2.24) is 4.98 Å². The number of aliphatic hydroxyl groups excluding tert-OH is 1. The van der Waals surface area contributed by atoms with Crippen molar-refractivity contribution in [3.8, 4) is 0 Å². The molecule has 0 fully saturated rings. The van der Waals surface area contributed by atoms with Gasteiger partial charge in [0.05, 0.1) is 10.6 Å². The van der Waals surface area contributed by atoms with Crippen molar-refractivity contribution >= 4 is 23.4 Å². The summed E-state index contributed by atoms with van der Waals surface area (Å²) >= 11 is 6.89. The maximum absolute atomic E-state index is 12.3. The Bertz CT molecular complexity index is 359. The fraction of sp³-hybridized carbons (Fsp3) is 0.444. The molecule has 0 bridgehead atoms. The molecule has 1 aromatic rings. The van der Waals surface area contributed by atoms with E-state index < -0.39 is 11.7 Å². The highest BCUT2D eigenvalue weighted by Gasteiger charge is 2.31. The Balaban J connectivity index is 2.76. The van der Waals surface area contributed by atoms with Gasteiger partial charge in [0.15, 0.2) is 0 Å². The minimum absolute atomic E-state index is 0.0160. The molecule has 0 saturated heterocycles. The van der Waals surface area contributed by atoms with Crippen LogP contribution in [-0.4, -0.2) is 22.5 Å². The van der Waals surface area contributed by atoms with Gasteiger partial charge >= 0.3 is 6.18 Å². The van der Waals surface area contributed by atoms with Gasteiger partial charge in [0.2, 0.25) is 0 Å². The molecule has 2 nitrogen and oxygen atoms in total. The first-order chi connectivity index (χ1) is 7.45. The number of pyridine rings is 1. The van der Waals surface area contributed by atoms with Crippen LogP contribution in [0.4, 0.5) is 13.2 Å². The molecular weight excluding hydrogens is 263 g/mol. The van der Waals surface area contributed by atoms with Crippen molar-refractivity contribution < 1.29 is 18.3 Å². The Kier molecular flexibility index (Phi) is 4.89. The zero-order valence-electron chi connectivity index (χ0n) is 8.09. The van der Waals surface area contributed by atoms with E-state index in [-0.39, 0.29) is 11.6 Å². The molecule has 7 heteroatoms. The molecular formula is C9H9ClF3NOS. The standard InChI is InChI=1S/C9H9ClF3NOS/c10-7-4-6(9(11,12)13)5-14-8(7)16-3-1-2-15/h4-5,15H,1-3H2. The van der Waals surface area contributed by atoms with Crippen LogP contribution in [0.15, 0.2) is 17.3 Å². The summed E-state index contributed by atoms with van der Waals surface area (Å²) < 4.78 is 36.8. The van der Waals surface area contributed by atoms with Gasteiger partial charge in [-0.25, -0.2) is 4.98 Å². The number of hydrogen-bond acceptors (Lipinski definition) is 3. The molecule has 0 aliphatic carbocycles. The molecule has 0 aromatic carbocycles. The van der Waals surface area contributed by atoms with Crippen LogP contribution in [0.5, 0.6) is 0 Å². The van der Waals surface area contributed by atoms with E-state index in [4.69, 9.17) is 16.7 Å². The predicted molar refractivity (Wildman–Crippen MR) is 56.7 cm³/mol. The quantitative estimate of drug-likeness (QED) is 0.674. The second kappa shape index (κ2) is 5.75. The molecule has 0 spiro atoms. The van der Waals surface area contributed by atoms with E-state index in [0.29, 0.717) is 17.2 Å². The van der Waals surface area contributed by atoms with Crippen LogP contribution in [0.2, 0.25) is 5.02 Å². The lowest BCUT2D eigenvalue weighted by molar-refractivity contribution is -0.137. The third kappa shape index (κ3) is 3.84. The van der Waals surface area contributed by atoms with Gasteiger partial charge in [-0.2, -0.15) is 13.2 Å². The highest BCUT2D eigenvalue weighted by Crippen LogP contribution is 2.33. The number of aromatic nitrogens is 1. The van der Waals surface area contributed by atoms with Crippen molar-refractivity contribution in [2.75, 3.05) is 12.4 Å². The molecule has 1 heterocycles. The average molecular weight is 272 g/mol. The molecule has 0 amide bonds. The number of aliphatic hydroxyl groups is 1. The number of rotatable bonds is 4. The Hall–Kier alpha value is -0.460. The zero-order valence-corrected chi connectivity index (χ0v) is 9.66. The van der Waals surface area contributed by atoms with Gasteiger partial charge in [0, 0.05) is 18.6 Å². The maximum Gasteiger partial charge on any atom is 0.417 e.